The van der Waals surface area contributed by atoms with Gasteiger partial charge in [-0.05, 0) is 55.5 Å². The maximum absolute atomic E-state index is 11.8. The van der Waals surface area contributed by atoms with Gasteiger partial charge in [0, 0.05) is 31.0 Å². The summed E-state index contributed by atoms with van der Waals surface area (Å²) in [6.45, 7) is 2.96. The van der Waals surface area contributed by atoms with Gasteiger partial charge in [0.1, 0.15) is 0 Å². The molecule has 0 radical (unpaired) electrons. The molecule has 3 rings (SSSR count). The van der Waals surface area contributed by atoms with E-state index in [1.807, 2.05) is 30.3 Å². The average Bonchev–Trinajstić information content (AvgIpc) is 2.64. The largest absolute Gasteiger partial charge is 0.372 e. The van der Waals surface area contributed by atoms with Gasteiger partial charge in [-0.25, -0.2) is 4.79 Å². The van der Waals surface area contributed by atoms with Gasteiger partial charge in [-0.2, -0.15) is 0 Å². The Kier molecular flexibility index (Phi) is 5.72. The van der Waals surface area contributed by atoms with Crippen molar-refractivity contribution in [1.29, 1.82) is 0 Å². The van der Waals surface area contributed by atoms with Gasteiger partial charge in [0.15, 0.2) is 0 Å². The molecule has 0 atom stereocenters. The molecular formula is C20H25N3O. The van der Waals surface area contributed by atoms with Crippen molar-refractivity contribution in [1.82, 2.24) is 5.32 Å². The van der Waals surface area contributed by atoms with Gasteiger partial charge in [0.25, 0.3) is 0 Å². The molecule has 1 saturated heterocycles. The van der Waals surface area contributed by atoms with Crippen LogP contribution in [0.5, 0.6) is 0 Å². The highest BCUT2D eigenvalue weighted by atomic mass is 16.2. The van der Waals surface area contributed by atoms with Crippen molar-refractivity contribution < 1.29 is 4.79 Å². The van der Waals surface area contributed by atoms with Crippen molar-refractivity contribution in [3.8, 4) is 0 Å². The minimum atomic E-state index is -0.161. The first-order chi connectivity index (χ1) is 11.8. The van der Waals surface area contributed by atoms with Gasteiger partial charge in [-0.15, -0.1) is 0 Å². The lowest BCUT2D eigenvalue weighted by molar-refractivity contribution is 0.252. The Morgan fingerprint density at radius 2 is 1.62 bits per heavy atom. The maximum atomic E-state index is 11.8. The number of carbonyl (C=O) groups is 1. The van der Waals surface area contributed by atoms with Gasteiger partial charge >= 0.3 is 6.03 Å². The number of hydrogen-bond acceptors (Lipinski definition) is 2. The molecule has 126 valence electrons. The van der Waals surface area contributed by atoms with E-state index in [0.29, 0.717) is 6.54 Å². The van der Waals surface area contributed by atoms with Crippen LogP contribution in [0.15, 0.2) is 54.6 Å². The van der Waals surface area contributed by atoms with Gasteiger partial charge in [-0.1, -0.05) is 30.3 Å². The fourth-order valence-electron chi connectivity index (χ4n) is 3.04. The first kappa shape index (κ1) is 16.4. The maximum Gasteiger partial charge on any atom is 0.319 e. The predicted molar refractivity (Wildman–Crippen MR) is 99.7 cm³/mol. The van der Waals surface area contributed by atoms with Crippen LogP contribution in [0, 0.1) is 0 Å². The third kappa shape index (κ3) is 4.75. The van der Waals surface area contributed by atoms with Gasteiger partial charge in [-0.3, -0.25) is 0 Å². The van der Waals surface area contributed by atoms with E-state index in [0.717, 1.165) is 12.1 Å². The summed E-state index contributed by atoms with van der Waals surface area (Å²) < 4.78 is 0. The van der Waals surface area contributed by atoms with E-state index >= 15 is 0 Å². The molecule has 1 aliphatic heterocycles. The Morgan fingerprint density at radius 1 is 0.917 bits per heavy atom. The van der Waals surface area contributed by atoms with Crippen LogP contribution in [-0.2, 0) is 6.42 Å². The molecule has 2 amide bonds. The normalized spacial score (nSPS) is 14.2. The molecule has 0 saturated carbocycles. The van der Waals surface area contributed by atoms with Crippen LogP contribution in [-0.4, -0.2) is 25.7 Å². The molecule has 0 unspecified atom stereocenters. The Labute approximate surface area is 143 Å². The van der Waals surface area contributed by atoms with E-state index in [1.165, 1.54) is 43.6 Å². The summed E-state index contributed by atoms with van der Waals surface area (Å²) in [6, 6.07) is 18.1. The van der Waals surface area contributed by atoms with E-state index in [1.54, 1.807) is 0 Å². The first-order valence-electron chi connectivity index (χ1n) is 8.75. The monoisotopic (exact) mass is 323 g/mol. The zero-order valence-corrected chi connectivity index (χ0v) is 14.0. The second-order valence-corrected chi connectivity index (χ2v) is 6.21. The molecule has 2 aromatic carbocycles. The van der Waals surface area contributed by atoms with Crippen LogP contribution in [0.25, 0.3) is 0 Å². The Hall–Kier alpha value is -2.49. The van der Waals surface area contributed by atoms with E-state index in [9.17, 15) is 4.79 Å². The van der Waals surface area contributed by atoms with Gasteiger partial charge in [0.05, 0.1) is 0 Å². The first-order valence-corrected chi connectivity index (χ1v) is 8.75. The molecule has 1 fully saturated rings. The SMILES string of the molecule is O=C(NCCc1ccc(N2CCCCC2)cc1)Nc1ccccc1. The Balaban J connectivity index is 1.42. The number of para-hydroxylation sites is 1. The van der Waals surface area contributed by atoms with Crippen molar-refractivity contribution in [2.45, 2.75) is 25.7 Å². The minimum absolute atomic E-state index is 0.161. The summed E-state index contributed by atoms with van der Waals surface area (Å²) in [7, 11) is 0. The molecule has 1 aliphatic rings. The number of piperidine rings is 1. The highest BCUT2D eigenvalue weighted by Crippen LogP contribution is 2.20. The molecule has 2 aromatic rings. The van der Waals surface area contributed by atoms with E-state index in [2.05, 4.69) is 39.8 Å². The zero-order valence-electron chi connectivity index (χ0n) is 14.0. The van der Waals surface area contributed by atoms with E-state index in [-0.39, 0.29) is 6.03 Å². The number of nitrogens with one attached hydrogen (secondary N) is 2. The lowest BCUT2D eigenvalue weighted by Crippen LogP contribution is -2.30. The van der Waals surface area contributed by atoms with Crippen molar-refractivity contribution in [3.05, 3.63) is 60.2 Å². The summed E-state index contributed by atoms with van der Waals surface area (Å²) in [5.41, 5.74) is 3.37. The topological polar surface area (TPSA) is 44.4 Å². The third-order valence-electron chi connectivity index (χ3n) is 4.39. The van der Waals surface area contributed by atoms with Crippen molar-refractivity contribution in [2.75, 3.05) is 29.9 Å². The van der Waals surface area contributed by atoms with Crippen molar-refractivity contribution >= 4 is 17.4 Å². The smallest absolute Gasteiger partial charge is 0.319 e. The Bertz CT molecular complexity index is 634. The minimum Gasteiger partial charge on any atom is -0.372 e. The van der Waals surface area contributed by atoms with E-state index in [4.69, 9.17) is 0 Å². The lowest BCUT2D eigenvalue weighted by Gasteiger charge is -2.28. The van der Waals surface area contributed by atoms with Crippen molar-refractivity contribution in [2.24, 2.45) is 0 Å². The second-order valence-electron chi connectivity index (χ2n) is 6.21. The molecule has 2 N–H and O–H groups in total. The molecule has 0 aromatic heterocycles. The average molecular weight is 323 g/mol. The fraction of sp³-hybridized carbons (Fsp3) is 0.350. The van der Waals surface area contributed by atoms with Crippen LogP contribution < -0.4 is 15.5 Å². The summed E-state index contributed by atoms with van der Waals surface area (Å²) in [6.07, 6.45) is 4.78. The van der Waals surface area contributed by atoms with Crippen LogP contribution in [0.1, 0.15) is 24.8 Å². The van der Waals surface area contributed by atoms with E-state index < -0.39 is 0 Å². The number of anilines is 2. The predicted octanol–water partition coefficient (Wildman–Crippen LogP) is 4.04. The number of amides is 2. The summed E-state index contributed by atoms with van der Waals surface area (Å²) in [4.78, 5) is 14.3. The molecule has 4 nitrogen and oxygen atoms in total. The highest BCUT2D eigenvalue weighted by molar-refractivity contribution is 5.89. The highest BCUT2D eigenvalue weighted by Gasteiger charge is 2.10. The van der Waals surface area contributed by atoms with Crippen LogP contribution in [0.2, 0.25) is 0 Å². The molecule has 24 heavy (non-hydrogen) atoms. The molecule has 1 heterocycles. The number of nitrogens with zero attached hydrogens (tertiary/aromatic N) is 1. The number of carbonyl (C=O) groups excluding carboxylic acids is 1. The van der Waals surface area contributed by atoms with Crippen LogP contribution >= 0.6 is 0 Å². The number of urea groups is 1. The number of rotatable bonds is 5. The summed E-state index contributed by atoms with van der Waals surface area (Å²) >= 11 is 0. The number of benzene rings is 2. The van der Waals surface area contributed by atoms with Crippen molar-refractivity contribution in [3.63, 3.8) is 0 Å². The second kappa shape index (κ2) is 8.39. The molecule has 4 heteroatoms. The number of hydrogen-bond donors (Lipinski definition) is 2. The van der Waals surface area contributed by atoms with Crippen LogP contribution in [0.3, 0.4) is 0 Å². The summed E-state index contributed by atoms with van der Waals surface area (Å²) in [5.74, 6) is 0. The molecule has 0 aliphatic carbocycles. The molecular weight excluding hydrogens is 298 g/mol. The molecule has 0 bridgehead atoms. The third-order valence-corrected chi connectivity index (χ3v) is 4.39. The van der Waals surface area contributed by atoms with Crippen LogP contribution in [0.4, 0.5) is 16.2 Å². The van der Waals surface area contributed by atoms with Gasteiger partial charge < -0.3 is 15.5 Å². The summed E-state index contributed by atoms with van der Waals surface area (Å²) in [5, 5.41) is 5.72. The quantitative estimate of drug-likeness (QED) is 0.872. The molecule has 0 spiro atoms. The Morgan fingerprint density at radius 3 is 2.33 bits per heavy atom. The standard InChI is InChI=1S/C20H25N3O/c24-20(22-18-7-3-1-4-8-18)21-14-13-17-9-11-19(12-10-17)23-15-5-2-6-16-23/h1,3-4,7-12H,2,5-6,13-16H2,(H2,21,22,24). The van der Waals surface area contributed by atoms with Gasteiger partial charge in [0.2, 0.25) is 0 Å². The fourth-order valence-corrected chi connectivity index (χ4v) is 3.04. The lowest BCUT2D eigenvalue weighted by atomic mass is 10.1. The zero-order chi connectivity index (χ0) is 16.6.